The summed E-state index contributed by atoms with van der Waals surface area (Å²) >= 11 is 0. The molecule has 0 saturated carbocycles. The van der Waals surface area contributed by atoms with E-state index >= 15 is 0 Å². The highest BCUT2D eigenvalue weighted by Crippen LogP contribution is 2.29. The van der Waals surface area contributed by atoms with Crippen molar-refractivity contribution < 1.29 is 18.0 Å². The summed E-state index contributed by atoms with van der Waals surface area (Å²) < 4.78 is 37.4. The fourth-order valence-electron chi connectivity index (χ4n) is 2.43. The van der Waals surface area contributed by atoms with Gasteiger partial charge in [-0.15, -0.1) is 0 Å². The number of benzene rings is 1. The Labute approximate surface area is 116 Å². The van der Waals surface area contributed by atoms with E-state index in [9.17, 15) is 18.0 Å². The summed E-state index contributed by atoms with van der Waals surface area (Å²) in [6.07, 6.45) is 0.983. The monoisotopic (exact) mass is 285 g/mol. The molecule has 0 spiro atoms. The molecule has 1 fully saturated rings. The van der Waals surface area contributed by atoms with Gasteiger partial charge in [0.15, 0.2) is 0 Å². The summed E-state index contributed by atoms with van der Waals surface area (Å²) in [5.41, 5.74) is -0.389. The summed E-state index contributed by atoms with van der Waals surface area (Å²) in [7, 11) is 0. The van der Waals surface area contributed by atoms with E-state index in [1.165, 1.54) is 18.6 Å². The quantitative estimate of drug-likeness (QED) is 0.760. The molecule has 1 aliphatic rings. The van der Waals surface area contributed by atoms with Crippen LogP contribution in [0.2, 0.25) is 0 Å². The second-order valence-corrected chi connectivity index (χ2v) is 5.14. The molecule has 1 aromatic carbocycles. The molecule has 0 radical (unpaired) electrons. The average Bonchev–Trinajstić information content (AvgIpc) is 2.37. The molecule has 5 heteroatoms. The van der Waals surface area contributed by atoms with Crippen LogP contribution in [0.15, 0.2) is 24.3 Å². The van der Waals surface area contributed by atoms with E-state index in [4.69, 9.17) is 0 Å². The van der Waals surface area contributed by atoms with Crippen LogP contribution in [0, 0.1) is 0 Å². The van der Waals surface area contributed by atoms with Crippen molar-refractivity contribution in [1.82, 2.24) is 4.90 Å². The minimum atomic E-state index is -4.36. The van der Waals surface area contributed by atoms with Crippen molar-refractivity contribution in [3.8, 4) is 0 Å². The molecule has 1 aliphatic heterocycles. The molecule has 1 heterocycles. The van der Waals surface area contributed by atoms with Crippen LogP contribution in [-0.4, -0.2) is 23.9 Å². The maximum absolute atomic E-state index is 12.5. The van der Waals surface area contributed by atoms with Crippen molar-refractivity contribution in [2.75, 3.05) is 13.1 Å². The first-order valence-electron chi connectivity index (χ1n) is 6.95. The Morgan fingerprint density at radius 2 is 1.40 bits per heavy atom. The van der Waals surface area contributed by atoms with Crippen LogP contribution in [0.3, 0.4) is 0 Å². The van der Waals surface area contributed by atoms with Gasteiger partial charge in [0, 0.05) is 18.7 Å². The second-order valence-electron chi connectivity index (χ2n) is 5.14. The van der Waals surface area contributed by atoms with Gasteiger partial charge in [0.1, 0.15) is 0 Å². The molecule has 1 saturated heterocycles. The number of nitrogens with zero attached hydrogens (tertiary/aromatic N) is 1. The molecule has 0 unspecified atom stereocenters. The molecular formula is C15H18F3NO. The van der Waals surface area contributed by atoms with Crippen LogP contribution >= 0.6 is 0 Å². The molecule has 1 amide bonds. The van der Waals surface area contributed by atoms with Crippen molar-refractivity contribution in [3.05, 3.63) is 35.4 Å². The van der Waals surface area contributed by atoms with E-state index in [1.807, 2.05) is 0 Å². The van der Waals surface area contributed by atoms with Crippen molar-refractivity contribution in [3.63, 3.8) is 0 Å². The molecule has 0 N–H and O–H groups in total. The zero-order valence-electron chi connectivity index (χ0n) is 11.2. The van der Waals surface area contributed by atoms with Crippen LogP contribution in [0.5, 0.6) is 0 Å². The maximum atomic E-state index is 12.5. The van der Waals surface area contributed by atoms with Gasteiger partial charge in [-0.1, -0.05) is 19.3 Å². The molecular weight excluding hydrogens is 267 g/mol. The topological polar surface area (TPSA) is 20.3 Å². The number of amides is 1. The Kier molecular flexibility index (Phi) is 4.68. The molecule has 20 heavy (non-hydrogen) atoms. The van der Waals surface area contributed by atoms with Gasteiger partial charge in [0.25, 0.3) is 5.91 Å². The fourth-order valence-corrected chi connectivity index (χ4v) is 2.43. The third-order valence-electron chi connectivity index (χ3n) is 3.60. The Hall–Kier alpha value is -1.52. The Bertz CT molecular complexity index is 445. The second kappa shape index (κ2) is 6.29. The van der Waals surface area contributed by atoms with Gasteiger partial charge < -0.3 is 4.90 Å². The van der Waals surface area contributed by atoms with Crippen LogP contribution in [0.4, 0.5) is 13.2 Å². The lowest BCUT2D eigenvalue weighted by Crippen LogP contribution is -2.33. The van der Waals surface area contributed by atoms with E-state index in [0.29, 0.717) is 18.7 Å². The minimum Gasteiger partial charge on any atom is -0.339 e. The molecule has 0 aromatic heterocycles. The number of rotatable bonds is 1. The SMILES string of the molecule is O=C(c1ccc(C(F)(F)F)cc1)N1CCCCCCC1. The molecule has 0 aliphatic carbocycles. The van der Waals surface area contributed by atoms with Crippen LogP contribution < -0.4 is 0 Å². The molecule has 0 bridgehead atoms. The van der Waals surface area contributed by atoms with E-state index in [1.54, 1.807) is 4.90 Å². The third-order valence-corrected chi connectivity index (χ3v) is 3.60. The smallest absolute Gasteiger partial charge is 0.339 e. The van der Waals surface area contributed by atoms with Crippen LogP contribution in [0.1, 0.15) is 48.0 Å². The summed E-state index contributed by atoms with van der Waals surface area (Å²) in [5, 5.41) is 0. The highest BCUT2D eigenvalue weighted by Gasteiger charge is 2.30. The first-order valence-corrected chi connectivity index (χ1v) is 6.95. The van der Waals surface area contributed by atoms with Crippen LogP contribution in [0.25, 0.3) is 0 Å². The largest absolute Gasteiger partial charge is 0.416 e. The lowest BCUT2D eigenvalue weighted by atomic mass is 10.1. The van der Waals surface area contributed by atoms with Gasteiger partial charge in [-0.3, -0.25) is 4.79 Å². The molecule has 110 valence electrons. The Balaban J connectivity index is 2.08. The minimum absolute atomic E-state index is 0.166. The predicted octanol–water partition coefficient (Wildman–Crippen LogP) is 4.11. The zero-order valence-corrected chi connectivity index (χ0v) is 11.2. The number of halogens is 3. The van der Waals surface area contributed by atoms with Crippen molar-refractivity contribution in [2.45, 2.75) is 38.3 Å². The lowest BCUT2D eigenvalue weighted by molar-refractivity contribution is -0.137. The number of carbonyl (C=O) groups excluding carboxylic acids is 1. The molecule has 1 aromatic rings. The van der Waals surface area contributed by atoms with Gasteiger partial charge in [0.05, 0.1) is 5.56 Å². The normalized spacial score (nSPS) is 17.4. The van der Waals surface area contributed by atoms with Gasteiger partial charge in [-0.25, -0.2) is 0 Å². The van der Waals surface area contributed by atoms with Crippen molar-refractivity contribution in [2.24, 2.45) is 0 Å². The highest BCUT2D eigenvalue weighted by molar-refractivity contribution is 5.94. The number of hydrogen-bond donors (Lipinski definition) is 0. The molecule has 2 rings (SSSR count). The fraction of sp³-hybridized carbons (Fsp3) is 0.533. The third kappa shape index (κ3) is 3.74. The van der Waals surface area contributed by atoms with Gasteiger partial charge in [-0.05, 0) is 37.1 Å². The zero-order chi connectivity index (χ0) is 14.6. The number of alkyl halides is 3. The maximum Gasteiger partial charge on any atom is 0.416 e. The number of likely N-dealkylation sites (tertiary alicyclic amines) is 1. The van der Waals surface area contributed by atoms with Crippen molar-refractivity contribution in [1.29, 1.82) is 0 Å². The standard InChI is InChI=1S/C15H18F3NO/c16-15(17,18)13-8-6-12(7-9-13)14(20)19-10-4-2-1-3-5-11-19/h6-9H,1-5,10-11H2. The van der Waals surface area contributed by atoms with Crippen molar-refractivity contribution >= 4 is 5.91 Å². The first-order chi connectivity index (χ1) is 9.48. The number of carbonyl (C=O) groups is 1. The van der Waals surface area contributed by atoms with E-state index in [0.717, 1.165) is 37.8 Å². The van der Waals surface area contributed by atoms with Gasteiger partial charge in [0.2, 0.25) is 0 Å². The molecule has 2 nitrogen and oxygen atoms in total. The Morgan fingerprint density at radius 3 is 1.90 bits per heavy atom. The average molecular weight is 285 g/mol. The summed E-state index contributed by atoms with van der Waals surface area (Å²) in [6, 6.07) is 4.47. The van der Waals surface area contributed by atoms with E-state index < -0.39 is 11.7 Å². The van der Waals surface area contributed by atoms with Gasteiger partial charge in [-0.2, -0.15) is 13.2 Å². The summed E-state index contributed by atoms with van der Waals surface area (Å²) in [6.45, 7) is 1.39. The molecule has 0 atom stereocenters. The summed E-state index contributed by atoms with van der Waals surface area (Å²) in [5.74, 6) is -0.166. The highest BCUT2D eigenvalue weighted by atomic mass is 19.4. The first kappa shape index (κ1) is 14.9. The van der Waals surface area contributed by atoms with E-state index in [-0.39, 0.29) is 5.91 Å². The van der Waals surface area contributed by atoms with Gasteiger partial charge >= 0.3 is 6.18 Å². The predicted molar refractivity (Wildman–Crippen MR) is 70.4 cm³/mol. The van der Waals surface area contributed by atoms with E-state index in [2.05, 4.69) is 0 Å². The lowest BCUT2D eigenvalue weighted by Gasteiger charge is -2.25. The Morgan fingerprint density at radius 1 is 0.900 bits per heavy atom. The van der Waals surface area contributed by atoms with Crippen LogP contribution in [-0.2, 0) is 6.18 Å². The summed E-state index contributed by atoms with van der Waals surface area (Å²) in [4.78, 5) is 14.0. The number of hydrogen-bond acceptors (Lipinski definition) is 1.